The highest BCUT2D eigenvalue weighted by Gasteiger charge is 2.18. The normalized spacial score (nSPS) is 18.3. The van der Waals surface area contributed by atoms with Crippen molar-refractivity contribution in [2.75, 3.05) is 0 Å². The fourth-order valence-electron chi connectivity index (χ4n) is 0.780. The number of nitrogens with one attached hydrogen (secondary N) is 2. The summed E-state index contributed by atoms with van der Waals surface area (Å²) in [4.78, 5) is 10.5. The van der Waals surface area contributed by atoms with Gasteiger partial charge in [-0.2, -0.15) is 0 Å². The molecule has 1 saturated carbocycles. The quantitative estimate of drug-likeness (QED) is 0.259. The summed E-state index contributed by atoms with van der Waals surface area (Å²) >= 11 is 0. The molecule has 0 saturated heterocycles. The zero-order valence-electron chi connectivity index (χ0n) is 5.18. The summed E-state index contributed by atoms with van der Waals surface area (Å²) in [7, 11) is 0. The molecule has 2 amide bonds. The van der Waals surface area contributed by atoms with Crippen molar-refractivity contribution >= 4 is 6.03 Å². The lowest BCUT2D eigenvalue weighted by Crippen LogP contribution is -2.47. The largest absolute Gasteiger partial charge is 0.334 e. The van der Waals surface area contributed by atoms with E-state index in [0.717, 1.165) is 12.8 Å². The first-order chi connectivity index (χ1) is 4.33. The zero-order chi connectivity index (χ0) is 6.69. The number of urea groups is 1. The van der Waals surface area contributed by atoms with Crippen molar-refractivity contribution in [2.24, 2.45) is 5.84 Å². The first kappa shape index (κ1) is 6.35. The van der Waals surface area contributed by atoms with Crippen LogP contribution in [0.1, 0.15) is 19.3 Å². The molecule has 9 heavy (non-hydrogen) atoms. The first-order valence-electron chi connectivity index (χ1n) is 3.10. The van der Waals surface area contributed by atoms with Gasteiger partial charge in [0, 0.05) is 6.04 Å². The molecule has 4 N–H and O–H groups in total. The number of carbonyl (C=O) groups is 1. The van der Waals surface area contributed by atoms with E-state index in [9.17, 15) is 4.79 Å². The van der Waals surface area contributed by atoms with Crippen LogP contribution < -0.4 is 16.6 Å². The van der Waals surface area contributed by atoms with Crippen LogP contribution in [0.25, 0.3) is 0 Å². The van der Waals surface area contributed by atoms with Gasteiger partial charge in [-0.05, 0) is 19.3 Å². The predicted molar refractivity (Wildman–Crippen MR) is 33.5 cm³/mol. The fourth-order valence-corrected chi connectivity index (χ4v) is 0.780. The van der Waals surface area contributed by atoms with Gasteiger partial charge in [0.15, 0.2) is 0 Å². The second-order valence-electron chi connectivity index (χ2n) is 2.25. The first-order valence-corrected chi connectivity index (χ1v) is 3.10. The van der Waals surface area contributed by atoms with Gasteiger partial charge < -0.3 is 5.32 Å². The zero-order valence-corrected chi connectivity index (χ0v) is 5.18. The van der Waals surface area contributed by atoms with E-state index in [2.05, 4.69) is 5.32 Å². The average Bonchev–Trinajstić information content (AvgIpc) is 1.78. The molecule has 0 aromatic heterocycles. The number of amides is 2. The molecule has 4 nitrogen and oxygen atoms in total. The third kappa shape index (κ3) is 1.57. The van der Waals surface area contributed by atoms with Crippen molar-refractivity contribution in [3.8, 4) is 0 Å². The second kappa shape index (κ2) is 2.68. The maximum atomic E-state index is 10.5. The van der Waals surface area contributed by atoms with Crippen molar-refractivity contribution in [2.45, 2.75) is 25.3 Å². The lowest BCUT2D eigenvalue weighted by molar-refractivity contribution is 0.228. The lowest BCUT2D eigenvalue weighted by atomic mass is 9.93. The molecule has 1 rings (SSSR count). The molecule has 0 bridgehead atoms. The number of nitrogens with two attached hydrogens (primary N) is 1. The van der Waals surface area contributed by atoms with E-state index >= 15 is 0 Å². The fraction of sp³-hybridized carbons (Fsp3) is 0.800. The van der Waals surface area contributed by atoms with Gasteiger partial charge >= 0.3 is 6.03 Å². The maximum Gasteiger partial charge on any atom is 0.329 e. The van der Waals surface area contributed by atoms with Crippen molar-refractivity contribution < 1.29 is 4.79 Å². The van der Waals surface area contributed by atoms with Crippen LogP contribution in [0.2, 0.25) is 0 Å². The van der Waals surface area contributed by atoms with Crippen LogP contribution in [-0.4, -0.2) is 12.1 Å². The van der Waals surface area contributed by atoms with Crippen LogP contribution in [0.5, 0.6) is 0 Å². The van der Waals surface area contributed by atoms with Gasteiger partial charge in [0.25, 0.3) is 0 Å². The van der Waals surface area contributed by atoms with Crippen LogP contribution in [0.4, 0.5) is 4.79 Å². The molecule has 1 aliphatic carbocycles. The molecule has 4 heteroatoms. The monoisotopic (exact) mass is 129 g/mol. The van der Waals surface area contributed by atoms with Crippen LogP contribution in [0.15, 0.2) is 0 Å². The Kier molecular flexibility index (Phi) is 1.89. The highest BCUT2D eigenvalue weighted by molar-refractivity contribution is 5.73. The lowest BCUT2D eigenvalue weighted by Gasteiger charge is -2.25. The summed E-state index contributed by atoms with van der Waals surface area (Å²) in [5.74, 6) is 4.84. The minimum atomic E-state index is -0.278. The minimum absolute atomic E-state index is 0.278. The number of carbonyl (C=O) groups excluding carboxylic acids is 1. The number of hydrazine groups is 1. The summed E-state index contributed by atoms with van der Waals surface area (Å²) < 4.78 is 0. The molecule has 0 radical (unpaired) electrons. The summed E-state index contributed by atoms with van der Waals surface area (Å²) in [6.07, 6.45) is 3.40. The highest BCUT2D eigenvalue weighted by Crippen LogP contribution is 2.17. The summed E-state index contributed by atoms with van der Waals surface area (Å²) in [6, 6.07) is 0.0910. The van der Waals surface area contributed by atoms with Crippen molar-refractivity contribution in [3.63, 3.8) is 0 Å². The molecule has 1 fully saturated rings. The molecule has 0 aromatic carbocycles. The Morgan fingerprint density at radius 2 is 2.22 bits per heavy atom. The van der Waals surface area contributed by atoms with Crippen LogP contribution in [-0.2, 0) is 0 Å². The summed E-state index contributed by atoms with van der Waals surface area (Å²) in [5.41, 5.74) is 2.01. The average molecular weight is 129 g/mol. The van der Waals surface area contributed by atoms with Gasteiger partial charge in [-0.1, -0.05) is 0 Å². The third-order valence-corrected chi connectivity index (χ3v) is 1.57. The van der Waals surface area contributed by atoms with Gasteiger partial charge in [0.2, 0.25) is 0 Å². The maximum absolute atomic E-state index is 10.5. The predicted octanol–water partition coefficient (Wildman–Crippen LogP) is -0.288. The molecule has 1 aliphatic rings. The SMILES string of the molecule is NNC(=O)NC1CCC1. The third-order valence-electron chi connectivity index (χ3n) is 1.57. The van der Waals surface area contributed by atoms with E-state index in [1.807, 2.05) is 5.43 Å². The topological polar surface area (TPSA) is 67.1 Å². The second-order valence-corrected chi connectivity index (χ2v) is 2.25. The van der Waals surface area contributed by atoms with Crippen molar-refractivity contribution in [3.05, 3.63) is 0 Å². The van der Waals surface area contributed by atoms with Gasteiger partial charge in [0.05, 0.1) is 0 Å². The van der Waals surface area contributed by atoms with E-state index in [0.29, 0.717) is 6.04 Å². The molecule has 0 heterocycles. The van der Waals surface area contributed by atoms with Gasteiger partial charge in [0.1, 0.15) is 0 Å². The Labute approximate surface area is 53.8 Å². The van der Waals surface area contributed by atoms with Gasteiger partial charge in [-0.25, -0.2) is 10.6 Å². The van der Waals surface area contributed by atoms with Crippen LogP contribution in [0.3, 0.4) is 0 Å². The minimum Gasteiger partial charge on any atom is -0.334 e. The van der Waals surface area contributed by atoms with E-state index in [1.54, 1.807) is 0 Å². The van der Waals surface area contributed by atoms with E-state index < -0.39 is 0 Å². The molecule has 0 atom stereocenters. The molecular weight excluding hydrogens is 118 g/mol. The molecule has 0 aromatic rings. The van der Waals surface area contributed by atoms with Crippen molar-refractivity contribution in [1.29, 1.82) is 0 Å². The van der Waals surface area contributed by atoms with Crippen LogP contribution in [0, 0.1) is 0 Å². The Hall–Kier alpha value is -0.770. The molecular formula is C5H11N3O. The van der Waals surface area contributed by atoms with Gasteiger partial charge in [-0.3, -0.25) is 5.43 Å². The Balaban J connectivity index is 2.09. The number of hydrogen-bond donors (Lipinski definition) is 3. The molecule has 0 aliphatic heterocycles. The Morgan fingerprint density at radius 1 is 1.56 bits per heavy atom. The van der Waals surface area contributed by atoms with E-state index in [4.69, 9.17) is 5.84 Å². The van der Waals surface area contributed by atoms with E-state index in [1.165, 1.54) is 6.42 Å². The Morgan fingerprint density at radius 3 is 2.56 bits per heavy atom. The summed E-state index contributed by atoms with van der Waals surface area (Å²) in [6.45, 7) is 0. The standard InChI is InChI=1S/C5H11N3O/c6-8-5(9)7-4-2-1-3-4/h4H,1-3,6H2,(H2,7,8,9). The molecule has 52 valence electrons. The Bertz CT molecular complexity index is 111. The van der Waals surface area contributed by atoms with Gasteiger partial charge in [-0.15, -0.1) is 0 Å². The smallest absolute Gasteiger partial charge is 0.329 e. The molecule has 0 spiro atoms. The number of rotatable bonds is 1. The number of hydrogen-bond acceptors (Lipinski definition) is 2. The highest BCUT2D eigenvalue weighted by atomic mass is 16.2. The van der Waals surface area contributed by atoms with Crippen LogP contribution >= 0.6 is 0 Å². The van der Waals surface area contributed by atoms with Crippen molar-refractivity contribution in [1.82, 2.24) is 10.7 Å². The molecule has 0 unspecified atom stereocenters. The van der Waals surface area contributed by atoms with E-state index in [-0.39, 0.29) is 6.03 Å². The summed E-state index contributed by atoms with van der Waals surface area (Å²) in [5, 5.41) is 2.69.